The molecule has 0 saturated carbocycles. The van der Waals surface area contributed by atoms with Crippen molar-refractivity contribution in [2.75, 3.05) is 0 Å². The lowest BCUT2D eigenvalue weighted by atomic mass is 10.2. The Bertz CT molecular complexity index is 849. The Labute approximate surface area is 145 Å². The Morgan fingerprint density at radius 1 is 1.17 bits per heavy atom. The van der Waals surface area contributed by atoms with Crippen LogP contribution in [-0.2, 0) is 6.42 Å². The minimum atomic E-state index is -0.379. The van der Waals surface area contributed by atoms with E-state index < -0.39 is 0 Å². The lowest BCUT2D eigenvalue weighted by molar-refractivity contribution is 0.496. The Morgan fingerprint density at radius 3 is 2.78 bits per heavy atom. The van der Waals surface area contributed by atoms with E-state index in [1.54, 1.807) is 24.4 Å². The van der Waals surface area contributed by atoms with Crippen LogP contribution in [0.25, 0.3) is 12.2 Å². The SMILES string of the molecule is Fc1ccc(/C=C/c2nnc(Cc3ccc(Br)nc3)o2)c(Cl)c1. The van der Waals surface area contributed by atoms with Crippen LogP contribution in [0.1, 0.15) is 22.9 Å². The molecule has 0 aliphatic heterocycles. The van der Waals surface area contributed by atoms with Crippen LogP contribution in [0, 0.1) is 5.82 Å². The molecule has 23 heavy (non-hydrogen) atoms. The number of pyridine rings is 1. The number of hydrogen-bond acceptors (Lipinski definition) is 4. The summed E-state index contributed by atoms with van der Waals surface area (Å²) >= 11 is 9.23. The lowest BCUT2D eigenvalue weighted by Gasteiger charge is -1.97. The molecule has 0 fully saturated rings. The summed E-state index contributed by atoms with van der Waals surface area (Å²) in [5, 5.41) is 8.25. The van der Waals surface area contributed by atoms with Gasteiger partial charge in [-0.15, -0.1) is 10.2 Å². The molecule has 7 heteroatoms. The highest BCUT2D eigenvalue weighted by Crippen LogP contribution is 2.20. The van der Waals surface area contributed by atoms with Crippen molar-refractivity contribution in [3.63, 3.8) is 0 Å². The number of rotatable bonds is 4. The lowest BCUT2D eigenvalue weighted by Crippen LogP contribution is -1.89. The van der Waals surface area contributed by atoms with Crippen molar-refractivity contribution in [1.29, 1.82) is 0 Å². The molecule has 1 aromatic carbocycles. The third-order valence-electron chi connectivity index (χ3n) is 2.99. The van der Waals surface area contributed by atoms with Crippen LogP contribution in [0.5, 0.6) is 0 Å². The van der Waals surface area contributed by atoms with Gasteiger partial charge >= 0.3 is 0 Å². The van der Waals surface area contributed by atoms with Crippen molar-refractivity contribution in [3.8, 4) is 0 Å². The van der Waals surface area contributed by atoms with Crippen molar-refractivity contribution in [1.82, 2.24) is 15.2 Å². The molecule has 2 aromatic heterocycles. The number of nitrogens with zero attached hydrogens (tertiary/aromatic N) is 3. The maximum Gasteiger partial charge on any atom is 0.240 e. The number of aromatic nitrogens is 3. The van der Waals surface area contributed by atoms with E-state index in [-0.39, 0.29) is 5.82 Å². The van der Waals surface area contributed by atoms with Gasteiger partial charge in [0.1, 0.15) is 10.4 Å². The van der Waals surface area contributed by atoms with Gasteiger partial charge in [0, 0.05) is 12.3 Å². The highest BCUT2D eigenvalue weighted by Gasteiger charge is 2.06. The van der Waals surface area contributed by atoms with Crippen molar-refractivity contribution >= 4 is 39.7 Å². The van der Waals surface area contributed by atoms with Gasteiger partial charge in [-0.1, -0.05) is 23.7 Å². The Morgan fingerprint density at radius 2 is 2.04 bits per heavy atom. The number of hydrogen-bond donors (Lipinski definition) is 0. The molecule has 116 valence electrons. The first-order chi connectivity index (χ1) is 11.1. The van der Waals surface area contributed by atoms with Crippen LogP contribution in [0.4, 0.5) is 4.39 Å². The zero-order chi connectivity index (χ0) is 16.2. The molecular weight excluding hydrogens is 385 g/mol. The maximum atomic E-state index is 13.0. The first-order valence-corrected chi connectivity index (χ1v) is 7.83. The van der Waals surface area contributed by atoms with E-state index in [0.29, 0.717) is 28.8 Å². The summed E-state index contributed by atoms with van der Waals surface area (Å²) in [6.07, 6.45) is 5.57. The molecule has 0 amide bonds. The van der Waals surface area contributed by atoms with Gasteiger partial charge in [0.15, 0.2) is 0 Å². The van der Waals surface area contributed by atoms with E-state index in [1.165, 1.54) is 12.1 Å². The normalized spacial score (nSPS) is 11.3. The first kappa shape index (κ1) is 15.8. The van der Waals surface area contributed by atoms with Crippen molar-refractivity contribution in [3.05, 3.63) is 74.9 Å². The van der Waals surface area contributed by atoms with Gasteiger partial charge in [0.05, 0.1) is 11.4 Å². The second-order valence-electron chi connectivity index (χ2n) is 4.70. The number of benzene rings is 1. The zero-order valence-electron chi connectivity index (χ0n) is 11.7. The molecule has 0 saturated heterocycles. The highest BCUT2D eigenvalue weighted by atomic mass is 79.9. The van der Waals surface area contributed by atoms with Gasteiger partial charge in [-0.05, 0) is 51.3 Å². The minimum absolute atomic E-state index is 0.321. The fraction of sp³-hybridized carbons (Fsp3) is 0.0625. The molecule has 0 radical (unpaired) electrons. The molecule has 0 unspecified atom stereocenters. The zero-order valence-corrected chi connectivity index (χ0v) is 14.1. The Hall–Kier alpha value is -2.05. The molecule has 0 atom stereocenters. The average molecular weight is 395 g/mol. The standard InChI is InChI=1S/C16H10BrClFN3O/c17-14-5-1-10(9-20-14)7-16-22-21-15(23-16)6-3-11-2-4-12(19)8-13(11)18/h1-6,8-9H,7H2/b6-3+. The molecule has 0 bridgehead atoms. The van der Waals surface area contributed by atoms with E-state index >= 15 is 0 Å². The van der Waals surface area contributed by atoms with Gasteiger partial charge in [-0.25, -0.2) is 9.37 Å². The second-order valence-corrected chi connectivity index (χ2v) is 5.92. The second kappa shape index (κ2) is 7.02. The fourth-order valence-corrected chi connectivity index (χ4v) is 2.35. The third-order valence-corrected chi connectivity index (χ3v) is 3.79. The molecule has 0 aliphatic carbocycles. The topological polar surface area (TPSA) is 51.8 Å². The van der Waals surface area contributed by atoms with Crippen LogP contribution in [0.15, 0.2) is 45.5 Å². The largest absolute Gasteiger partial charge is 0.421 e. The first-order valence-electron chi connectivity index (χ1n) is 6.66. The Kier molecular flexibility index (Phi) is 4.83. The molecule has 0 spiro atoms. The van der Waals surface area contributed by atoms with Crippen LogP contribution >= 0.6 is 27.5 Å². The summed E-state index contributed by atoms with van der Waals surface area (Å²) in [5.41, 5.74) is 1.64. The smallest absolute Gasteiger partial charge is 0.240 e. The molecule has 4 nitrogen and oxygen atoms in total. The van der Waals surface area contributed by atoms with E-state index in [9.17, 15) is 4.39 Å². The predicted octanol–water partition coefficient (Wildman–Crippen LogP) is 4.78. The molecule has 3 aromatic rings. The monoisotopic (exact) mass is 393 g/mol. The minimum Gasteiger partial charge on any atom is -0.421 e. The maximum absolute atomic E-state index is 13.0. The van der Waals surface area contributed by atoms with E-state index in [1.807, 2.05) is 12.1 Å². The predicted molar refractivity (Wildman–Crippen MR) is 89.4 cm³/mol. The van der Waals surface area contributed by atoms with Crippen LogP contribution < -0.4 is 0 Å². The summed E-state index contributed by atoms with van der Waals surface area (Å²) < 4.78 is 19.3. The van der Waals surface area contributed by atoms with Gasteiger partial charge in [-0.2, -0.15) is 0 Å². The molecule has 2 heterocycles. The summed E-state index contributed by atoms with van der Waals surface area (Å²) in [6.45, 7) is 0. The molecule has 3 rings (SSSR count). The molecule has 0 aliphatic rings. The molecular formula is C16H10BrClFN3O. The molecule has 0 N–H and O–H groups in total. The summed E-state index contributed by atoms with van der Waals surface area (Å²) in [7, 11) is 0. The van der Waals surface area contributed by atoms with E-state index in [0.717, 1.165) is 10.2 Å². The van der Waals surface area contributed by atoms with E-state index in [4.69, 9.17) is 16.0 Å². The summed E-state index contributed by atoms with van der Waals surface area (Å²) in [4.78, 5) is 4.14. The van der Waals surface area contributed by atoms with Gasteiger partial charge in [0.25, 0.3) is 0 Å². The van der Waals surface area contributed by atoms with Crippen LogP contribution in [0.2, 0.25) is 5.02 Å². The number of halogens is 3. The van der Waals surface area contributed by atoms with Crippen molar-refractivity contribution in [2.45, 2.75) is 6.42 Å². The summed E-state index contributed by atoms with van der Waals surface area (Å²) in [6, 6.07) is 7.95. The van der Waals surface area contributed by atoms with E-state index in [2.05, 4.69) is 31.1 Å². The van der Waals surface area contributed by atoms with Gasteiger partial charge < -0.3 is 4.42 Å². The van der Waals surface area contributed by atoms with Crippen LogP contribution in [-0.4, -0.2) is 15.2 Å². The van der Waals surface area contributed by atoms with Crippen molar-refractivity contribution < 1.29 is 8.81 Å². The Balaban J connectivity index is 1.71. The van der Waals surface area contributed by atoms with Gasteiger partial charge in [-0.3, -0.25) is 0 Å². The highest BCUT2D eigenvalue weighted by molar-refractivity contribution is 9.10. The average Bonchev–Trinajstić information content (AvgIpc) is 2.96. The van der Waals surface area contributed by atoms with Gasteiger partial charge in [0.2, 0.25) is 11.8 Å². The van der Waals surface area contributed by atoms with Crippen molar-refractivity contribution in [2.24, 2.45) is 0 Å². The quantitative estimate of drug-likeness (QED) is 0.598. The fourth-order valence-electron chi connectivity index (χ4n) is 1.89. The summed E-state index contributed by atoms with van der Waals surface area (Å²) in [5.74, 6) is 0.458. The van der Waals surface area contributed by atoms with Crippen LogP contribution in [0.3, 0.4) is 0 Å². The third kappa shape index (κ3) is 4.24.